The van der Waals surface area contributed by atoms with Gasteiger partial charge in [-0.15, -0.1) is 11.3 Å². The van der Waals surface area contributed by atoms with Crippen LogP contribution < -0.4 is 14.8 Å². The van der Waals surface area contributed by atoms with E-state index in [4.69, 9.17) is 9.47 Å². The van der Waals surface area contributed by atoms with E-state index in [2.05, 4.69) is 10.3 Å². The van der Waals surface area contributed by atoms with Crippen molar-refractivity contribution in [2.75, 3.05) is 19.0 Å². The molecule has 0 unspecified atom stereocenters. The summed E-state index contributed by atoms with van der Waals surface area (Å²) in [5, 5.41) is 15.6. The van der Waals surface area contributed by atoms with Crippen molar-refractivity contribution in [3.63, 3.8) is 0 Å². The predicted molar refractivity (Wildman–Crippen MR) is 101 cm³/mol. The Kier molecular flexibility index (Phi) is 5.62. The number of rotatable bonds is 7. The molecule has 0 radical (unpaired) electrons. The van der Waals surface area contributed by atoms with Gasteiger partial charge in [0.2, 0.25) is 0 Å². The number of anilines is 1. The first-order valence-electron chi connectivity index (χ1n) is 7.82. The van der Waals surface area contributed by atoms with Crippen molar-refractivity contribution in [1.82, 2.24) is 4.98 Å². The molecule has 0 fully saturated rings. The van der Waals surface area contributed by atoms with Crippen LogP contribution in [0.15, 0.2) is 53.9 Å². The van der Waals surface area contributed by atoms with Crippen LogP contribution in [0.2, 0.25) is 0 Å². The molecule has 0 spiro atoms. The van der Waals surface area contributed by atoms with Crippen LogP contribution in [0.1, 0.15) is 0 Å². The first kappa shape index (κ1) is 18.3. The summed E-state index contributed by atoms with van der Waals surface area (Å²) >= 11 is 1.23. The van der Waals surface area contributed by atoms with Crippen LogP contribution >= 0.6 is 11.3 Å². The maximum absolute atomic E-state index is 12.0. The van der Waals surface area contributed by atoms with E-state index in [-0.39, 0.29) is 18.2 Å². The second kappa shape index (κ2) is 8.28. The highest BCUT2D eigenvalue weighted by molar-refractivity contribution is 7.14. The molecule has 1 heterocycles. The zero-order valence-corrected chi connectivity index (χ0v) is 15.1. The van der Waals surface area contributed by atoms with Crippen LogP contribution in [0, 0.1) is 10.1 Å². The number of nitro groups is 1. The van der Waals surface area contributed by atoms with E-state index in [0.717, 1.165) is 0 Å². The molecular weight excluding hydrogens is 370 g/mol. The van der Waals surface area contributed by atoms with E-state index >= 15 is 0 Å². The summed E-state index contributed by atoms with van der Waals surface area (Å²) in [4.78, 5) is 26.7. The van der Waals surface area contributed by atoms with E-state index < -0.39 is 4.92 Å². The summed E-state index contributed by atoms with van der Waals surface area (Å²) in [5.74, 6) is 0.886. The van der Waals surface area contributed by atoms with Gasteiger partial charge in [-0.2, -0.15) is 0 Å². The lowest BCUT2D eigenvalue weighted by molar-refractivity contribution is -0.384. The zero-order chi connectivity index (χ0) is 19.2. The van der Waals surface area contributed by atoms with Crippen LogP contribution in [0.4, 0.5) is 10.8 Å². The van der Waals surface area contributed by atoms with Crippen molar-refractivity contribution in [1.29, 1.82) is 0 Å². The topological polar surface area (TPSA) is 104 Å². The number of hydrogen-bond acceptors (Lipinski definition) is 7. The first-order valence-corrected chi connectivity index (χ1v) is 8.70. The van der Waals surface area contributed by atoms with Gasteiger partial charge in [-0.05, 0) is 24.3 Å². The molecule has 0 aliphatic rings. The zero-order valence-electron chi connectivity index (χ0n) is 14.2. The van der Waals surface area contributed by atoms with E-state index in [1.54, 1.807) is 48.9 Å². The fraction of sp³-hybridized carbons (Fsp3) is 0.111. The number of methoxy groups -OCH3 is 1. The molecule has 9 heteroatoms. The number of nitro benzene ring substituents is 1. The van der Waals surface area contributed by atoms with Gasteiger partial charge in [0.05, 0.1) is 17.7 Å². The molecule has 2 aromatic carbocycles. The summed E-state index contributed by atoms with van der Waals surface area (Å²) in [6, 6.07) is 13.0. The Morgan fingerprint density at radius 3 is 2.67 bits per heavy atom. The van der Waals surface area contributed by atoms with Gasteiger partial charge in [0.25, 0.3) is 11.6 Å². The molecule has 0 saturated heterocycles. The van der Waals surface area contributed by atoms with Crippen LogP contribution in [0.3, 0.4) is 0 Å². The molecule has 1 amide bonds. The van der Waals surface area contributed by atoms with E-state index in [1.165, 1.54) is 23.5 Å². The van der Waals surface area contributed by atoms with Crippen molar-refractivity contribution in [3.05, 3.63) is 64.0 Å². The third-order valence-electron chi connectivity index (χ3n) is 3.53. The lowest BCUT2D eigenvalue weighted by atomic mass is 10.1. The normalized spacial score (nSPS) is 10.3. The predicted octanol–water partition coefficient (Wildman–Crippen LogP) is 3.74. The average molecular weight is 385 g/mol. The number of amides is 1. The molecule has 0 saturated carbocycles. The fourth-order valence-corrected chi connectivity index (χ4v) is 2.95. The molecule has 3 aromatic rings. The molecule has 3 rings (SSSR count). The van der Waals surface area contributed by atoms with Gasteiger partial charge in [-0.3, -0.25) is 20.2 Å². The Bertz CT molecular complexity index is 956. The van der Waals surface area contributed by atoms with E-state index in [0.29, 0.717) is 27.9 Å². The van der Waals surface area contributed by atoms with Crippen molar-refractivity contribution in [2.24, 2.45) is 0 Å². The van der Waals surface area contributed by atoms with Gasteiger partial charge in [-0.25, -0.2) is 4.98 Å². The SMILES string of the molecule is COc1ccc(OCC(=O)Nc2nc(-c3cccc([N+](=O)[O-])c3)cs2)cc1. The number of hydrogen-bond donors (Lipinski definition) is 1. The first-order chi connectivity index (χ1) is 13.0. The third-order valence-corrected chi connectivity index (χ3v) is 4.29. The monoisotopic (exact) mass is 385 g/mol. The number of carbonyl (C=O) groups is 1. The van der Waals surface area contributed by atoms with Crippen LogP contribution in [-0.4, -0.2) is 29.5 Å². The standard InChI is InChI=1S/C18H15N3O5S/c1-25-14-5-7-15(8-6-14)26-10-17(22)20-18-19-16(11-27-18)12-3-2-4-13(9-12)21(23)24/h2-9,11H,10H2,1H3,(H,19,20,22). The molecule has 0 bridgehead atoms. The van der Waals surface area contributed by atoms with Gasteiger partial charge in [-0.1, -0.05) is 12.1 Å². The Morgan fingerprint density at radius 2 is 1.96 bits per heavy atom. The number of nitrogens with one attached hydrogen (secondary N) is 1. The highest BCUT2D eigenvalue weighted by atomic mass is 32.1. The van der Waals surface area contributed by atoms with Crippen LogP contribution in [0.25, 0.3) is 11.3 Å². The molecule has 138 valence electrons. The van der Waals surface area contributed by atoms with Gasteiger partial charge in [0.1, 0.15) is 11.5 Å². The van der Waals surface area contributed by atoms with Gasteiger partial charge in [0, 0.05) is 23.1 Å². The number of non-ortho nitro benzene ring substituents is 1. The second-order valence-electron chi connectivity index (χ2n) is 5.36. The number of carbonyl (C=O) groups excluding carboxylic acids is 1. The Hall–Kier alpha value is -3.46. The Morgan fingerprint density at radius 1 is 1.22 bits per heavy atom. The lowest BCUT2D eigenvalue weighted by Crippen LogP contribution is -2.20. The molecule has 0 atom stereocenters. The molecule has 1 N–H and O–H groups in total. The van der Waals surface area contributed by atoms with E-state index in [1.807, 2.05) is 0 Å². The quantitative estimate of drug-likeness (QED) is 0.491. The highest BCUT2D eigenvalue weighted by Crippen LogP contribution is 2.27. The summed E-state index contributed by atoms with van der Waals surface area (Å²) < 4.78 is 10.5. The van der Waals surface area contributed by atoms with Crippen molar-refractivity contribution in [3.8, 4) is 22.8 Å². The third kappa shape index (κ3) is 4.79. The largest absolute Gasteiger partial charge is 0.497 e. The van der Waals surface area contributed by atoms with Crippen LogP contribution in [-0.2, 0) is 4.79 Å². The maximum Gasteiger partial charge on any atom is 0.270 e. The minimum Gasteiger partial charge on any atom is -0.497 e. The maximum atomic E-state index is 12.0. The molecule has 27 heavy (non-hydrogen) atoms. The average Bonchev–Trinajstić information content (AvgIpc) is 3.15. The molecule has 0 aliphatic heterocycles. The Labute approximate surface area is 158 Å². The minimum atomic E-state index is -0.463. The molecule has 8 nitrogen and oxygen atoms in total. The van der Waals surface area contributed by atoms with Gasteiger partial charge < -0.3 is 9.47 Å². The molecule has 1 aromatic heterocycles. The van der Waals surface area contributed by atoms with Gasteiger partial charge >= 0.3 is 0 Å². The van der Waals surface area contributed by atoms with Gasteiger partial charge in [0.15, 0.2) is 11.7 Å². The minimum absolute atomic E-state index is 0.0148. The van der Waals surface area contributed by atoms with Crippen molar-refractivity contribution in [2.45, 2.75) is 0 Å². The number of aromatic nitrogens is 1. The van der Waals surface area contributed by atoms with Crippen molar-refractivity contribution >= 4 is 28.1 Å². The number of nitrogens with zero attached hydrogens (tertiary/aromatic N) is 2. The summed E-state index contributed by atoms with van der Waals surface area (Å²) in [6.07, 6.45) is 0. The Balaban J connectivity index is 1.59. The smallest absolute Gasteiger partial charge is 0.270 e. The molecular formula is C18H15N3O5S. The number of thiazole rings is 1. The highest BCUT2D eigenvalue weighted by Gasteiger charge is 2.12. The van der Waals surface area contributed by atoms with Crippen LogP contribution in [0.5, 0.6) is 11.5 Å². The van der Waals surface area contributed by atoms with E-state index in [9.17, 15) is 14.9 Å². The summed E-state index contributed by atoms with van der Waals surface area (Å²) in [5.41, 5.74) is 1.14. The second-order valence-corrected chi connectivity index (χ2v) is 6.22. The fourth-order valence-electron chi connectivity index (χ4n) is 2.22. The van der Waals surface area contributed by atoms with Crippen molar-refractivity contribution < 1.29 is 19.2 Å². The number of benzene rings is 2. The molecule has 0 aliphatic carbocycles. The summed E-state index contributed by atoms with van der Waals surface area (Å²) in [7, 11) is 1.57. The number of ether oxygens (including phenoxy) is 2. The lowest BCUT2D eigenvalue weighted by Gasteiger charge is -2.06. The summed E-state index contributed by atoms with van der Waals surface area (Å²) in [6.45, 7) is -0.169.